The lowest BCUT2D eigenvalue weighted by Crippen LogP contribution is -2.11. The fourth-order valence-corrected chi connectivity index (χ4v) is 5.48. The molecule has 3 aromatic heterocycles. The van der Waals surface area contributed by atoms with E-state index in [1.807, 2.05) is 10.1 Å². The van der Waals surface area contributed by atoms with Gasteiger partial charge in [-0.3, -0.25) is 4.79 Å². The Labute approximate surface area is 173 Å². The second-order valence-electron chi connectivity index (χ2n) is 6.98. The highest BCUT2D eigenvalue weighted by molar-refractivity contribution is 7.98. The molecule has 0 spiro atoms. The zero-order valence-electron chi connectivity index (χ0n) is 15.3. The summed E-state index contributed by atoms with van der Waals surface area (Å²) in [5.41, 5.74) is 1.37. The zero-order valence-corrected chi connectivity index (χ0v) is 17.0. The summed E-state index contributed by atoms with van der Waals surface area (Å²) in [6.45, 7) is 0. The second-order valence-corrected chi connectivity index (χ2v) is 8.78. The Morgan fingerprint density at radius 1 is 1.24 bits per heavy atom. The van der Waals surface area contributed by atoms with Gasteiger partial charge in [0.15, 0.2) is 0 Å². The van der Waals surface area contributed by atoms with Gasteiger partial charge in [-0.25, -0.2) is 14.1 Å². The molecule has 3 heterocycles. The maximum atomic E-state index is 13.2. The summed E-state index contributed by atoms with van der Waals surface area (Å²) in [6.07, 6.45) is 4.60. The van der Waals surface area contributed by atoms with Crippen LogP contribution in [0.3, 0.4) is 0 Å². The number of thioether (sulfide) groups is 1. The van der Waals surface area contributed by atoms with Crippen LogP contribution in [0.4, 0.5) is 4.39 Å². The fourth-order valence-electron chi connectivity index (χ4n) is 3.70. The standard InChI is InChI=1S/C19H17FN6OS2/c20-12-7-5-11(6-8-12)14-9-28-18-16(14)17(27)21-15(22-18)10-29-19-23-24-25-26(19)13-3-1-2-4-13/h5-9,13H,1-4,10H2,(H,21,22,27). The van der Waals surface area contributed by atoms with Gasteiger partial charge in [-0.2, -0.15) is 0 Å². The van der Waals surface area contributed by atoms with Gasteiger partial charge in [-0.15, -0.1) is 16.4 Å². The van der Waals surface area contributed by atoms with Gasteiger partial charge in [0.2, 0.25) is 5.16 Å². The molecule has 7 nitrogen and oxygen atoms in total. The summed E-state index contributed by atoms with van der Waals surface area (Å²) in [6, 6.07) is 6.48. The summed E-state index contributed by atoms with van der Waals surface area (Å²) in [7, 11) is 0. The van der Waals surface area contributed by atoms with E-state index in [4.69, 9.17) is 0 Å². The van der Waals surface area contributed by atoms with Crippen LogP contribution in [0.15, 0.2) is 39.6 Å². The molecule has 0 saturated heterocycles. The van der Waals surface area contributed by atoms with Gasteiger partial charge in [0.25, 0.3) is 5.56 Å². The van der Waals surface area contributed by atoms with Gasteiger partial charge in [0.05, 0.1) is 17.2 Å². The number of nitrogens with one attached hydrogen (secondary N) is 1. The number of tetrazole rings is 1. The lowest BCUT2D eigenvalue weighted by Gasteiger charge is -2.10. The van der Waals surface area contributed by atoms with Gasteiger partial charge in [0, 0.05) is 10.9 Å². The van der Waals surface area contributed by atoms with Crippen LogP contribution in [0, 0.1) is 5.82 Å². The minimum absolute atomic E-state index is 0.193. The van der Waals surface area contributed by atoms with E-state index < -0.39 is 0 Å². The molecule has 29 heavy (non-hydrogen) atoms. The topological polar surface area (TPSA) is 89.4 Å². The van der Waals surface area contributed by atoms with Crippen molar-refractivity contribution in [2.24, 2.45) is 0 Å². The third-order valence-corrected chi connectivity index (χ3v) is 6.94. The van der Waals surface area contributed by atoms with E-state index in [2.05, 4.69) is 25.5 Å². The molecule has 1 aliphatic carbocycles. The highest BCUT2D eigenvalue weighted by atomic mass is 32.2. The van der Waals surface area contributed by atoms with Crippen molar-refractivity contribution in [1.29, 1.82) is 0 Å². The molecular weight excluding hydrogens is 411 g/mol. The van der Waals surface area contributed by atoms with E-state index >= 15 is 0 Å². The first-order valence-electron chi connectivity index (χ1n) is 9.36. The Bertz CT molecular complexity index is 1210. The molecule has 0 atom stereocenters. The number of aromatic amines is 1. The van der Waals surface area contributed by atoms with Crippen LogP contribution in [-0.2, 0) is 5.75 Å². The molecule has 1 aliphatic rings. The molecule has 0 amide bonds. The molecule has 1 fully saturated rings. The minimum Gasteiger partial charge on any atom is -0.309 e. The Balaban J connectivity index is 1.40. The van der Waals surface area contributed by atoms with Crippen molar-refractivity contribution in [3.05, 3.63) is 51.6 Å². The predicted octanol–water partition coefficient (Wildman–Crippen LogP) is 4.18. The van der Waals surface area contributed by atoms with Gasteiger partial charge in [-0.1, -0.05) is 36.7 Å². The third-order valence-electron chi connectivity index (χ3n) is 5.12. The lowest BCUT2D eigenvalue weighted by atomic mass is 10.1. The molecule has 0 radical (unpaired) electrons. The van der Waals surface area contributed by atoms with E-state index in [-0.39, 0.29) is 11.4 Å². The molecule has 4 aromatic rings. The summed E-state index contributed by atoms with van der Waals surface area (Å²) >= 11 is 2.88. The minimum atomic E-state index is -0.306. The van der Waals surface area contributed by atoms with E-state index in [0.717, 1.165) is 29.1 Å². The quantitative estimate of drug-likeness (QED) is 0.480. The predicted molar refractivity (Wildman–Crippen MR) is 111 cm³/mol. The summed E-state index contributed by atoms with van der Waals surface area (Å²) in [5.74, 6) is 0.753. The van der Waals surface area contributed by atoms with Crippen molar-refractivity contribution in [1.82, 2.24) is 30.2 Å². The van der Waals surface area contributed by atoms with Crippen LogP contribution in [-0.4, -0.2) is 30.2 Å². The van der Waals surface area contributed by atoms with Crippen LogP contribution in [0.5, 0.6) is 0 Å². The number of nitrogens with zero attached hydrogens (tertiary/aromatic N) is 5. The van der Waals surface area contributed by atoms with Crippen LogP contribution in [0.1, 0.15) is 37.5 Å². The van der Waals surface area contributed by atoms with Crippen LogP contribution in [0.25, 0.3) is 21.3 Å². The number of rotatable bonds is 5. The number of hydrogen-bond donors (Lipinski definition) is 1. The van der Waals surface area contributed by atoms with Gasteiger partial charge in [0.1, 0.15) is 16.5 Å². The molecule has 1 aromatic carbocycles. The van der Waals surface area contributed by atoms with Crippen molar-refractivity contribution in [2.45, 2.75) is 42.6 Å². The summed E-state index contributed by atoms with van der Waals surface area (Å²) < 4.78 is 15.1. The highest BCUT2D eigenvalue weighted by Crippen LogP contribution is 2.33. The van der Waals surface area contributed by atoms with Crippen molar-refractivity contribution < 1.29 is 4.39 Å². The van der Waals surface area contributed by atoms with Crippen molar-refractivity contribution >= 4 is 33.3 Å². The number of benzene rings is 1. The smallest absolute Gasteiger partial charge is 0.260 e. The Morgan fingerprint density at radius 2 is 2.03 bits per heavy atom. The normalized spacial score (nSPS) is 14.8. The molecule has 0 aliphatic heterocycles. The maximum absolute atomic E-state index is 13.2. The monoisotopic (exact) mass is 428 g/mol. The average Bonchev–Trinajstić information content (AvgIpc) is 3.47. The fraction of sp³-hybridized carbons (Fsp3) is 0.316. The molecule has 148 valence electrons. The Kier molecular flexibility index (Phi) is 4.88. The number of fused-ring (bicyclic) bond motifs is 1. The molecular formula is C19H17FN6OS2. The molecule has 10 heteroatoms. The molecule has 1 N–H and O–H groups in total. The zero-order chi connectivity index (χ0) is 19.8. The van der Waals surface area contributed by atoms with E-state index in [1.54, 1.807) is 12.1 Å². The van der Waals surface area contributed by atoms with Crippen LogP contribution in [0.2, 0.25) is 0 Å². The molecule has 0 bridgehead atoms. The first-order chi connectivity index (χ1) is 14.2. The number of thiophene rings is 1. The van der Waals surface area contributed by atoms with E-state index in [9.17, 15) is 9.18 Å². The third kappa shape index (κ3) is 3.58. The maximum Gasteiger partial charge on any atom is 0.260 e. The number of aromatic nitrogens is 6. The molecule has 1 saturated carbocycles. The SMILES string of the molecule is O=c1[nH]c(CSc2nnnn2C2CCCC2)nc2scc(-c3ccc(F)cc3)c12. The summed E-state index contributed by atoms with van der Waals surface area (Å²) in [5, 5.41) is 15.3. The summed E-state index contributed by atoms with van der Waals surface area (Å²) in [4.78, 5) is 20.9. The van der Waals surface area contributed by atoms with Crippen molar-refractivity contribution in [2.75, 3.05) is 0 Å². The van der Waals surface area contributed by atoms with Crippen LogP contribution < -0.4 is 5.56 Å². The molecule has 5 rings (SSSR count). The first-order valence-corrected chi connectivity index (χ1v) is 11.2. The van der Waals surface area contributed by atoms with Crippen molar-refractivity contribution in [3.8, 4) is 11.1 Å². The van der Waals surface area contributed by atoms with Gasteiger partial charge in [-0.05, 0) is 41.0 Å². The average molecular weight is 429 g/mol. The Morgan fingerprint density at radius 3 is 2.83 bits per heavy atom. The number of hydrogen-bond acceptors (Lipinski definition) is 7. The molecule has 0 unspecified atom stereocenters. The van der Waals surface area contributed by atoms with Gasteiger partial charge >= 0.3 is 0 Å². The van der Waals surface area contributed by atoms with E-state index in [1.165, 1.54) is 48.1 Å². The van der Waals surface area contributed by atoms with Crippen molar-refractivity contribution in [3.63, 3.8) is 0 Å². The number of H-pyrrole nitrogens is 1. The van der Waals surface area contributed by atoms with E-state index in [0.29, 0.717) is 27.8 Å². The van der Waals surface area contributed by atoms with Gasteiger partial charge < -0.3 is 4.98 Å². The van der Waals surface area contributed by atoms with Crippen LogP contribution >= 0.6 is 23.1 Å². The highest BCUT2D eigenvalue weighted by Gasteiger charge is 2.22. The largest absolute Gasteiger partial charge is 0.309 e. The number of halogens is 1. The second kappa shape index (κ2) is 7.68. The lowest BCUT2D eigenvalue weighted by molar-refractivity contribution is 0.423. The first kappa shape index (κ1) is 18.4. The Hall–Kier alpha value is -2.59.